The highest BCUT2D eigenvalue weighted by atomic mass is 19.3. The summed E-state index contributed by atoms with van der Waals surface area (Å²) in [6.45, 7) is 3.20. The van der Waals surface area contributed by atoms with E-state index >= 15 is 0 Å². The number of hydrogen-bond acceptors (Lipinski definition) is 6. The van der Waals surface area contributed by atoms with Crippen molar-refractivity contribution in [2.75, 3.05) is 11.4 Å². The van der Waals surface area contributed by atoms with E-state index in [2.05, 4.69) is 20.2 Å². The molecule has 10 heteroatoms. The Morgan fingerprint density at radius 3 is 2.89 bits per heavy atom. The standard InChI is InChI=1S/C18H17F2N7O/c1-10-4-3-5-11-8-13(25-27(10)11)15-14-12(21-9-22-14)6-7-26(15)17-24-23-16(28-17)18(2,19)20/h3-5,8-9,15H,6-7H2,1-2H3,(H,21,22)/t15-/m1/s1. The van der Waals surface area contributed by atoms with Gasteiger partial charge in [-0.1, -0.05) is 11.2 Å². The summed E-state index contributed by atoms with van der Waals surface area (Å²) in [5.74, 6) is -3.91. The zero-order valence-electron chi connectivity index (χ0n) is 15.2. The second-order valence-electron chi connectivity index (χ2n) is 6.96. The number of aromatic amines is 1. The van der Waals surface area contributed by atoms with E-state index in [1.165, 1.54) is 0 Å². The average Bonchev–Trinajstić information content (AvgIpc) is 3.38. The molecule has 0 aromatic carbocycles. The maximum absolute atomic E-state index is 13.6. The first-order valence-electron chi connectivity index (χ1n) is 8.88. The molecule has 1 aliphatic rings. The minimum atomic E-state index is -3.20. The van der Waals surface area contributed by atoms with Gasteiger partial charge in [0.15, 0.2) is 0 Å². The molecule has 144 valence electrons. The molecule has 4 aromatic rings. The molecule has 0 fully saturated rings. The molecule has 28 heavy (non-hydrogen) atoms. The van der Waals surface area contributed by atoms with Gasteiger partial charge in [0.1, 0.15) is 6.04 Å². The normalized spacial score (nSPS) is 17.3. The summed E-state index contributed by atoms with van der Waals surface area (Å²) < 4.78 is 34.3. The summed E-state index contributed by atoms with van der Waals surface area (Å²) in [7, 11) is 0. The summed E-state index contributed by atoms with van der Waals surface area (Å²) >= 11 is 0. The van der Waals surface area contributed by atoms with Gasteiger partial charge in [-0.15, -0.1) is 5.10 Å². The summed E-state index contributed by atoms with van der Waals surface area (Å²) in [5, 5.41) is 12.1. The van der Waals surface area contributed by atoms with Gasteiger partial charge in [0.25, 0.3) is 5.89 Å². The first-order chi connectivity index (χ1) is 13.4. The molecule has 0 spiro atoms. The Morgan fingerprint density at radius 2 is 2.14 bits per heavy atom. The fourth-order valence-corrected chi connectivity index (χ4v) is 3.60. The molecule has 0 radical (unpaired) electrons. The van der Waals surface area contributed by atoms with Crippen molar-refractivity contribution in [1.82, 2.24) is 29.8 Å². The van der Waals surface area contributed by atoms with Crippen LogP contribution in [0.15, 0.2) is 35.0 Å². The molecule has 1 N–H and O–H groups in total. The third-order valence-corrected chi connectivity index (χ3v) is 4.94. The highest BCUT2D eigenvalue weighted by Gasteiger charge is 2.38. The molecule has 4 aromatic heterocycles. The summed E-state index contributed by atoms with van der Waals surface area (Å²) in [6, 6.07) is 7.46. The molecule has 0 amide bonds. The monoisotopic (exact) mass is 385 g/mol. The first-order valence-corrected chi connectivity index (χ1v) is 8.88. The molecule has 0 saturated heterocycles. The Bertz CT molecular complexity index is 1160. The fourth-order valence-electron chi connectivity index (χ4n) is 3.60. The first kappa shape index (κ1) is 16.8. The van der Waals surface area contributed by atoms with Gasteiger partial charge in [0.2, 0.25) is 0 Å². The maximum Gasteiger partial charge on any atom is 0.321 e. The lowest BCUT2D eigenvalue weighted by Gasteiger charge is -2.32. The van der Waals surface area contributed by atoms with Crippen LogP contribution in [0.5, 0.6) is 0 Å². The molecular formula is C18H17F2N7O. The van der Waals surface area contributed by atoms with E-state index in [9.17, 15) is 8.78 Å². The van der Waals surface area contributed by atoms with Crippen LogP contribution in [0, 0.1) is 6.92 Å². The van der Waals surface area contributed by atoms with Crippen LogP contribution in [-0.2, 0) is 12.3 Å². The SMILES string of the molecule is Cc1cccc2cc([C@@H]3c4nc[nH]c4CCN3c3nnc(C(C)(F)F)o3)nn12. The molecule has 1 atom stereocenters. The molecule has 0 bridgehead atoms. The molecular weight excluding hydrogens is 368 g/mol. The van der Waals surface area contributed by atoms with E-state index < -0.39 is 17.9 Å². The average molecular weight is 385 g/mol. The topological polar surface area (TPSA) is 88.1 Å². The number of nitrogens with zero attached hydrogens (tertiary/aromatic N) is 6. The molecule has 5 heterocycles. The van der Waals surface area contributed by atoms with Crippen LogP contribution < -0.4 is 4.90 Å². The molecule has 1 aliphatic heterocycles. The number of rotatable bonds is 3. The number of pyridine rings is 1. The predicted octanol–water partition coefficient (Wildman–Crippen LogP) is 3.01. The molecule has 0 saturated carbocycles. The Morgan fingerprint density at radius 1 is 1.29 bits per heavy atom. The minimum Gasteiger partial charge on any atom is -0.401 e. The third-order valence-electron chi connectivity index (χ3n) is 4.94. The Balaban J connectivity index is 1.64. The van der Waals surface area contributed by atoms with Crippen LogP contribution in [0.3, 0.4) is 0 Å². The van der Waals surface area contributed by atoms with E-state index in [1.54, 1.807) is 11.2 Å². The quantitative estimate of drug-likeness (QED) is 0.583. The minimum absolute atomic E-state index is 0.0314. The zero-order valence-corrected chi connectivity index (χ0v) is 15.2. The smallest absolute Gasteiger partial charge is 0.321 e. The number of H-pyrrole nitrogens is 1. The highest BCUT2D eigenvalue weighted by Crippen LogP contribution is 2.37. The molecule has 0 aliphatic carbocycles. The van der Waals surface area contributed by atoms with Crippen molar-refractivity contribution < 1.29 is 13.2 Å². The van der Waals surface area contributed by atoms with Gasteiger partial charge in [-0.25, -0.2) is 9.50 Å². The summed E-state index contributed by atoms with van der Waals surface area (Å²) in [4.78, 5) is 9.38. The van der Waals surface area contributed by atoms with Crippen molar-refractivity contribution in [3.8, 4) is 0 Å². The van der Waals surface area contributed by atoms with Gasteiger partial charge >= 0.3 is 11.9 Å². The van der Waals surface area contributed by atoms with Gasteiger partial charge in [0, 0.05) is 31.3 Å². The number of halogens is 2. The third kappa shape index (κ3) is 2.55. The van der Waals surface area contributed by atoms with E-state index in [0.717, 1.165) is 35.2 Å². The van der Waals surface area contributed by atoms with Gasteiger partial charge in [-0.3, -0.25) is 0 Å². The van der Waals surface area contributed by atoms with Crippen molar-refractivity contribution in [3.05, 3.63) is 59.3 Å². The number of nitrogens with one attached hydrogen (secondary N) is 1. The second kappa shape index (κ2) is 5.85. The number of anilines is 1. The predicted molar refractivity (Wildman–Crippen MR) is 95.3 cm³/mol. The van der Waals surface area contributed by atoms with Gasteiger partial charge in [-0.2, -0.15) is 13.9 Å². The number of alkyl halides is 2. The number of imidazole rings is 1. The number of hydrogen-bond donors (Lipinski definition) is 1. The molecule has 8 nitrogen and oxygen atoms in total. The zero-order chi connectivity index (χ0) is 19.5. The van der Waals surface area contributed by atoms with Crippen LogP contribution in [-0.4, -0.2) is 36.3 Å². The van der Waals surface area contributed by atoms with Crippen molar-refractivity contribution in [1.29, 1.82) is 0 Å². The Labute approximate surface area is 158 Å². The maximum atomic E-state index is 13.6. The summed E-state index contributed by atoms with van der Waals surface area (Å²) in [5.41, 5.74) is 4.40. The Hall–Kier alpha value is -3.30. The number of aryl methyl sites for hydroxylation is 1. The lowest BCUT2D eigenvalue weighted by molar-refractivity contribution is -0.0107. The number of fused-ring (bicyclic) bond motifs is 2. The van der Waals surface area contributed by atoms with Crippen LogP contribution in [0.2, 0.25) is 0 Å². The fraction of sp³-hybridized carbons (Fsp3) is 0.333. The van der Waals surface area contributed by atoms with E-state index in [-0.39, 0.29) is 6.01 Å². The second-order valence-corrected chi connectivity index (χ2v) is 6.96. The van der Waals surface area contributed by atoms with Crippen molar-refractivity contribution in [2.24, 2.45) is 0 Å². The summed E-state index contributed by atoms with van der Waals surface area (Å²) in [6.07, 6.45) is 2.28. The number of aromatic nitrogens is 6. The molecule has 5 rings (SSSR count). The Kier molecular flexibility index (Phi) is 3.52. The lowest BCUT2D eigenvalue weighted by atomic mass is 10.0. The highest BCUT2D eigenvalue weighted by molar-refractivity contribution is 5.52. The van der Waals surface area contributed by atoms with Crippen molar-refractivity contribution >= 4 is 11.5 Å². The van der Waals surface area contributed by atoms with E-state index in [4.69, 9.17) is 9.52 Å². The van der Waals surface area contributed by atoms with Crippen LogP contribution in [0.4, 0.5) is 14.8 Å². The van der Waals surface area contributed by atoms with E-state index in [0.29, 0.717) is 13.0 Å². The van der Waals surface area contributed by atoms with Gasteiger partial charge in [-0.05, 0) is 25.1 Å². The van der Waals surface area contributed by atoms with Crippen LogP contribution >= 0.6 is 0 Å². The van der Waals surface area contributed by atoms with Crippen molar-refractivity contribution in [3.63, 3.8) is 0 Å². The van der Waals surface area contributed by atoms with Crippen molar-refractivity contribution in [2.45, 2.75) is 32.2 Å². The molecule has 0 unspecified atom stereocenters. The van der Waals surface area contributed by atoms with Crippen LogP contribution in [0.1, 0.15) is 41.6 Å². The van der Waals surface area contributed by atoms with Crippen LogP contribution in [0.25, 0.3) is 5.52 Å². The lowest BCUT2D eigenvalue weighted by Crippen LogP contribution is -2.37. The van der Waals surface area contributed by atoms with Gasteiger partial charge < -0.3 is 14.3 Å². The van der Waals surface area contributed by atoms with E-state index in [1.807, 2.05) is 35.7 Å². The van der Waals surface area contributed by atoms with Gasteiger partial charge in [0.05, 0.1) is 23.2 Å². The largest absolute Gasteiger partial charge is 0.401 e.